The van der Waals surface area contributed by atoms with Crippen molar-refractivity contribution < 1.29 is 19.5 Å². The van der Waals surface area contributed by atoms with Crippen molar-refractivity contribution in [2.75, 3.05) is 12.3 Å². The first-order valence-electron chi connectivity index (χ1n) is 5.83. The minimum Gasteiger partial charge on any atom is -0.481 e. The summed E-state index contributed by atoms with van der Waals surface area (Å²) in [6.45, 7) is 7.23. The van der Waals surface area contributed by atoms with Crippen LogP contribution in [0, 0.1) is 11.3 Å². The Bertz CT molecular complexity index is 326. The van der Waals surface area contributed by atoms with Crippen LogP contribution in [0.2, 0.25) is 0 Å². The molecule has 104 valence electrons. The predicted octanol–water partition coefficient (Wildman–Crippen LogP) is 1.52. The topological polar surface area (TPSA) is 83.5 Å². The Balaban J connectivity index is 3.97. The molecule has 0 saturated heterocycles. The Morgan fingerprint density at radius 1 is 1.28 bits per heavy atom. The normalized spacial score (nSPS) is 11.4. The van der Waals surface area contributed by atoms with Crippen LogP contribution < -0.4 is 5.32 Å². The summed E-state index contributed by atoms with van der Waals surface area (Å²) in [6.07, 6.45) is -0.183. The zero-order chi connectivity index (χ0) is 14.3. The van der Waals surface area contributed by atoms with E-state index in [0.29, 0.717) is 12.3 Å². The zero-order valence-corrected chi connectivity index (χ0v) is 12.1. The van der Waals surface area contributed by atoms with Gasteiger partial charge in [-0.15, -0.1) is 0 Å². The second-order valence-corrected chi connectivity index (χ2v) is 6.10. The third-order valence-electron chi connectivity index (χ3n) is 2.30. The summed E-state index contributed by atoms with van der Waals surface area (Å²) in [5.41, 5.74) is -0.876. The van der Waals surface area contributed by atoms with Gasteiger partial charge in [0.05, 0.1) is 6.42 Å². The fraction of sp³-hybridized carbons (Fsp3) is 0.750. The molecule has 0 bridgehead atoms. The van der Waals surface area contributed by atoms with Gasteiger partial charge in [-0.1, -0.05) is 39.5 Å². The smallest absolute Gasteiger partial charge is 0.304 e. The van der Waals surface area contributed by atoms with E-state index in [1.807, 2.05) is 0 Å². The molecule has 1 amide bonds. The van der Waals surface area contributed by atoms with Gasteiger partial charge in [0.1, 0.15) is 0 Å². The highest BCUT2D eigenvalue weighted by Gasteiger charge is 2.30. The quantitative estimate of drug-likeness (QED) is 0.688. The van der Waals surface area contributed by atoms with Crippen LogP contribution in [0.3, 0.4) is 0 Å². The van der Waals surface area contributed by atoms with E-state index in [1.165, 1.54) is 0 Å². The highest BCUT2D eigenvalue weighted by molar-refractivity contribution is 8.13. The lowest BCUT2D eigenvalue weighted by Gasteiger charge is -2.19. The first-order valence-corrected chi connectivity index (χ1v) is 6.82. The Hall–Kier alpha value is -1.04. The third kappa shape index (κ3) is 6.64. The lowest BCUT2D eigenvalue weighted by molar-refractivity contribution is -0.141. The molecule has 0 aromatic rings. The van der Waals surface area contributed by atoms with E-state index in [2.05, 4.69) is 5.32 Å². The molecule has 5 nitrogen and oxygen atoms in total. The number of carboxylic acids is 1. The van der Waals surface area contributed by atoms with Crippen LogP contribution >= 0.6 is 11.8 Å². The number of hydrogen-bond acceptors (Lipinski definition) is 4. The fourth-order valence-electron chi connectivity index (χ4n) is 1.17. The maximum Gasteiger partial charge on any atom is 0.304 e. The van der Waals surface area contributed by atoms with E-state index in [9.17, 15) is 14.4 Å². The predicted molar refractivity (Wildman–Crippen MR) is 71.3 cm³/mol. The number of carbonyl (C=O) groups is 3. The Morgan fingerprint density at radius 3 is 2.28 bits per heavy atom. The van der Waals surface area contributed by atoms with Crippen molar-refractivity contribution in [3.05, 3.63) is 0 Å². The second kappa shape index (κ2) is 7.41. The molecule has 0 aliphatic rings. The largest absolute Gasteiger partial charge is 0.481 e. The summed E-state index contributed by atoms with van der Waals surface area (Å²) in [5.74, 6) is -0.649. The molecule has 0 aromatic heterocycles. The van der Waals surface area contributed by atoms with Gasteiger partial charge < -0.3 is 10.4 Å². The van der Waals surface area contributed by atoms with Crippen LogP contribution in [0.4, 0.5) is 0 Å². The number of nitrogens with one attached hydrogen (secondary N) is 1. The van der Waals surface area contributed by atoms with E-state index in [-0.39, 0.29) is 23.4 Å². The number of hydrogen-bond donors (Lipinski definition) is 2. The maximum absolute atomic E-state index is 11.8. The average molecular weight is 275 g/mol. The summed E-state index contributed by atoms with van der Waals surface area (Å²) in [4.78, 5) is 33.6. The molecule has 0 aliphatic carbocycles. The highest BCUT2D eigenvalue weighted by atomic mass is 32.2. The minimum absolute atomic E-state index is 0.0483. The lowest BCUT2D eigenvalue weighted by Crippen LogP contribution is -2.31. The molecule has 0 spiro atoms. The lowest BCUT2D eigenvalue weighted by atomic mass is 9.91. The molecule has 0 aliphatic heterocycles. The highest BCUT2D eigenvalue weighted by Crippen LogP contribution is 2.27. The molecular formula is C12H21NO4S. The molecule has 0 atom stereocenters. The summed E-state index contributed by atoms with van der Waals surface area (Å²) in [6, 6.07) is 0. The average Bonchev–Trinajstić information content (AvgIpc) is 2.21. The van der Waals surface area contributed by atoms with Gasteiger partial charge in [-0.2, -0.15) is 0 Å². The van der Waals surface area contributed by atoms with Crippen molar-refractivity contribution in [1.82, 2.24) is 5.32 Å². The minimum atomic E-state index is -0.984. The van der Waals surface area contributed by atoms with Gasteiger partial charge in [-0.3, -0.25) is 14.4 Å². The van der Waals surface area contributed by atoms with Crippen molar-refractivity contribution in [2.24, 2.45) is 11.3 Å². The van der Waals surface area contributed by atoms with Crippen molar-refractivity contribution in [3.63, 3.8) is 0 Å². The number of rotatable bonds is 7. The van der Waals surface area contributed by atoms with Gasteiger partial charge in [0.25, 0.3) is 0 Å². The third-order valence-corrected chi connectivity index (χ3v) is 3.53. The van der Waals surface area contributed by atoms with Gasteiger partial charge in [-0.25, -0.2) is 0 Å². The second-order valence-electron chi connectivity index (χ2n) is 5.04. The van der Waals surface area contributed by atoms with Crippen molar-refractivity contribution >= 4 is 28.8 Å². The van der Waals surface area contributed by atoms with E-state index in [1.54, 1.807) is 27.7 Å². The molecule has 0 radical (unpaired) electrons. The molecule has 0 aromatic carbocycles. The van der Waals surface area contributed by atoms with Gasteiger partial charge in [0.2, 0.25) is 5.91 Å². The number of amides is 1. The molecule has 0 unspecified atom stereocenters. The van der Waals surface area contributed by atoms with Crippen molar-refractivity contribution in [1.29, 1.82) is 0 Å². The molecule has 2 N–H and O–H groups in total. The summed E-state index contributed by atoms with van der Waals surface area (Å²) in [5, 5.41) is 11.2. The molecule has 0 heterocycles. The van der Waals surface area contributed by atoms with Gasteiger partial charge in [-0.05, 0) is 0 Å². The van der Waals surface area contributed by atoms with Gasteiger partial charge in [0, 0.05) is 23.6 Å². The number of thioether (sulfide) groups is 1. The van der Waals surface area contributed by atoms with Gasteiger partial charge >= 0.3 is 5.97 Å². The maximum atomic E-state index is 11.8. The number of aliphatic carboxylic acids is 1. The summed E-state index contributed by atoms with van der Waals surface area (Å²) in [7, 11) is 0. The number of carbonyl (C=O) groups excluding carboxylic acids is 2. The van der Waals surface area contributed by atoms with Crippen molar-refractivity contribution in [2.45, 2.75) is 34.1 Å². The standard InChI is InChI=1S/C12H21NO4S/c1-8(2)10(16)13-5-6-18-11(17)12(3,4)7-9(14)15/h8H,5-7H2,1-4H3,(H,13,16)(H,14,15). The Kier molecular flexibility index (Phi) is 6.98. The first kappa shape index (κ1) is 17.0. The molecule has 18 heavy (non-hydrogen) atoms. The molecule has 0 saturated carbocycles. The summed E-state index contributed by atoms with van der Waals surface area (Å²) >= 11 is 1.06. The first-order chi connectivity index (χ1) is 8.16. The monoisotopic (exact) mass is 275 g/mol. The molecular weight excluding hydrogens is 254 g/mol. The molecule has 0 rings (SSSR count). The van der Waals surface area contributed by atoms with Gasteiger partial charge in [0.15, 0.2) is 5.12 Å². The van der Waals surface area contributed by atoms with E-state index < -0.39 is 11.4 Å². The number of carboxylic acid groups (broad SMARTS) is 1. The van der Waals surface area contributed by atoms with E-state index in [0.717, 1.165) is 11.8 Å². The van der Waals surface area contributed by atoms with E-state index in [4.69, 9.17) is 5.11 Å². The summed E-state index contributed by atoms with van der Waals surface area (Å²) < 4.78 is 0. The van der Waals surface area contributed by atoms with Crippen LogP contribution in [0.5, 0.6) is 0 Å². The fourth-order valence-corrected chi connectivity index (χ4v) is 2.02. The van der Waals surface area contributed by atoms with Crippen LogP contribution in [-0.4, -0.2) is 34.4 Å². The molecule has 0 fully saturated rings. The SMILES string of the molecule is CC(C)C(=O)NCCSC(=O)C(C)(C)CC(=O)O. The van der Waals surface area contributed by atoms with Crippen LogP contribution in [0.25, 0.3) is 0 Å². The zero-order valence-electron chi connectivity index (χ0n) is 11.3. The Morgan fingerprint density at radius 2 is 1.83 bits per heavy atom. The van der Waals surface area contributed by atoms with Crippen LogP contribution in [0.15, 0.2) is 0 Å². The van der Waals surface area contributed by atoms with E-state index >= 15 is 0 Å². The molecule has 6 heteroatoms. The van der Waals surface area contributed by atoms with Crippen molar-refractivity contribution in [3.8, 4) is 0 Å². The Labute approximate surface area is 112 Å². The van der Waals surface area contributed by atoms with Crippen LogP contribution in [-0.2, 0) is 14.4 Å². The van der Waals surface area contributed by atoms with Crippen LogP contribution in [0.1, 0.15) is 34.1 Å².